The van der Waals surface area contributed by atoms with Gasteiger partial charge in [0.1, 0.15) is 0 Å². The highest BCUT2D eigenvalue weighted by molar-refractivity contribution is 5.94. The molecule has 7 heteroatoms. The number of aryl methyl sites for hydroxylation is 4. The van der Waals surface area contributed by atoms with E-state index in [0.29, 0.717) is 13.1 Å². The van der Waals surface area contributed by atoms with Crippen LogP contribution in [0.15, 0.2) is 36.4 Å². The lowest BCUT2D eigenvalue weighted by Crippen LogP contribution is -2.38. The molecule has 0 saturated heterocycles. The molecule has 0 saturated carbocycles. The van der Waals surface area contributed by atoms with Gasteiger partial charge in [0.2, 0.25) is 11.8 Å². The van der Waals surface area contributed by atoms with Crippen LogP contribution in [-0.2, 0) is 9.59 Å². The molecule has 0 unspecified atom stereocenters. The Morgan fingerprint density at radius 1 is 0.600 bits per heavy atom. The smallest absolute Gasteiger partial charge is 0.238 e. The maximum Gasteiger partial charge on any atom is 0.238 e. The summed E-state index contributed by atoms with van der Waals surface area (Å²) in [6.07, 6.45) is 5.37. The van der Waals surface area contributed by atoms with Gasteiger partial charge in [0.25, 0.3) is 0 Å². The zero-order valence-electron chi connectivity index (χ0n) is 25.9. The first-order chi connectivity index (χ1) is 19.2. The number of benzene rings is 2. The molecule has 0 fully saturated rings. The Kier molecular flexibility index (Phi) is 15.5. The lowest BCUT2D eigenvalue weighted by Gasteiger charge is -2.22. The Hall–Kier alpha value is -2.74. The van der Waals surface area contributed by atoms with Gasteiger partial charge in [-0.15, -0.1) is 0 Å². The van der Waals surface area contributed by atoms with Gasteiger partial charge < -0.3 is 16.0 Å². The van der Waals surface area contributed by atoms with E-state index >= 15 is 0 Å². The second-order valence-electron chi connectivity index (χ2n) is 11.0. The van der Waals surface area contributed by atoms with E-state index in [9.17, 15) is 9.59 Å². The molecular weight excluding hydrogens is 498 g/mol. The van der Waals surface area contributed by atoms with Crippen molar-refractivity contribution in [3.05, 3.63) is 58.7 Å². The standard InChI is InChI=1S/C33H53N5O2/c1-7-20-37(24-30(39)35-32-26(3)14-12-15-27(32)4)22-11-9-10-18-34-19-23-38(21-8-2)25-31(40)36-33-28(5)16-13-17-29(33)6/h12-17,34H,7-11,18-25H2,1-6H3,(H,35,39)(H,36,40). The van der Waals surface area contributed by atoms with Gasteiger partial charge in [0, 0.05) is 24.5 Å². The number of para-hydroxylation sites is 2. The minimum atomic E-state index is 0.0465. The van der Waals surface area contributed by atoms with Crippen molar-refractivity contribution in [3.63, 3.8) is 0 Å². The zero-order valence-corrected chi connectivity index (χ0v) is 25.9. The molecule has 2 aromatic rings. The van der Waals surface area contributed by atoms with E-state index in [1.54, 1.807) is 0 Å². The first-order valence-corrected chi connectivity index (χ1v) is 15.1. The zero-order chi connectivity index (χ0) is 29.3. The van der Waals surface area contributed by atoms with Crippen LogP contribution in [0.5, 0.6) is 0 Å². The molecule has 0 aliphatic rings. The normalized spacial score (nSPS) is 11.3. The third kappa shape index (κ3) is 12.2. The highest BCUT2D eigenvalue weighted by Crippen LogP contribution is 2.20. The lowest BCUT2D eigenvalue weighted by molar-refractivity contribution is -0.118. The van der Waals surface area contributed by atoms with Crippen molar-refractivity contribution < 1.29 is 9.59 Å². The number of rotatable bonds is 19. The minimum absolute atomic E-state index is 0.0465. The molecule has 0 heterocycles. The number of unbranched alkanes of at least 4 members (excludes halogenated alkanes) is 2. The summed E-state index contributed by atoms with van der Waals surface area (Å²) in [7, 11) is 0. The van der Waals surface area contributed by atoms with Crippen LogP contribution in [0.3, 0.4) is 0 Å². The van der Waals surface area contributed by atoms with Gasteiger partial charge >= 0.3 is 0 Å². The molecule has 2 rings (SSSR count). The number of nitrogens with zero attached hydrogens (tertiary/aromatic N) is 2. The topological polar surface area (TPSA) is 76.7 Å². The Bertz CT molecular complexity index is 931. The third-order valence-electron chi connectivity index (χ3n) is 7.24. The van der Waals surface area contributed by atoms with Gasteiger partial charge in [-0.25, -0.2) is 0 Å². The maximum atomic E-state index is 12.7. The molecule has 0 atom stereocenters. The number of amides is 2. The molecule has 40 heavy (non-hydrogen) atoms. The van der Waals surface area contributed by atoms with E-state index in [0.717, 1.165) is 105 Å². The van der Waals surface area contributed by atoms with E-state index in [2.05, 4.69) is 39.6 Å². The van der Waals surface area contributed by atoms with Crippen LogP contribution in [0.1, 0.15) is 68.2 Å². The number of anilines is 2. The van der Waals surface area contributed by atoms with Crippen molar-refractivity contribution in [1.29, 1.82) is 0 Å². The molecule has 0 radical (unpaired) electrons. The first-order valence-electron chi connectivity index (χ1n) is 15.1. The third-order valence-corrected chi connectivity index (χ3v) is 7.24. The Labute approximate surface area is 243 Å². The second kappa shape index (κ2) is 18.6. The summed E-state index contributed by atoms with van der Waals surface area (Å²) in [4.78, 5) is 29.9. The summed E-state index contributed by atoms with van der Waals surface area (Å²) >= 11 is 0. The van der Waals surface area contributed by atoms with Crippen molar-refractivity contribution >= 4 is 23.2 Å². The van der Waals surface area contributed by atoms with Gasteiger partial charge in [-0.05, 0) is 102 Å². The fraction of sp³-hybridized carbons (Fsp3) is 0.576. The van der Waals surface area contributed by atoms with E-state index in [-0.39, 0.29) is 11.8 Å². The number of carbonyl (C=O) groups is 2. The molecule has 0 spiro atoms. The second-order valence-corrected chi connectivity index (χ2v) is 11.0. The van der Waals surface area contributed by atoms with Crippen molar-refractivity contribution in [2.75, 3.05) is 63.0 Å². The quantitative estimate of drug-likeness (QED) is 0.196. The predicted octanol–water partition coefficient (Wildman–Crippen LogP) is 5.68. The van der Waals surface area contributed by atoms with E-state index in [4.69, 9.17) is 0 Å². The number of carbonyl (C=O) groups excluding carboxylic acids is 2. The van der Waals surface area contributed by atoms with Crippen LogP contribution in [0.25, 0.3) is 0 Å². The van der Waals surface area contributed by atoms with Crippen molar-refractivity contribution in [2.45, 2.75) is 73.6 Å². The average Bonchev–Trinajstić information content (AvgIpc) is 2.90. The predicted molar refractivity (Wildman–Crippen MR) is 169 cm³/mol. The summed E-state index contributed by atoms with van der Waals surface area (Å²) < 4.78 is 0. The molecule has 2 aromatic carbocycles. The molecular formula is C33H53N5O2. The van der Waals surface area contributed by atoms with Gasteiger partial charge in [-0.2, -0.15) is 0 Å². The highest BCUT2D eigenvalue weighted by atomic mass is 16.2. The summed E-state index contributed by atoms with van der Waals surface area (Å²) in [5.41, 5.74) is 6.25. The molecule has 2 amide bonds. The van der Waals surface area contributed by atoms with Gasteiger partial charge in [0.05, 0.1) is 13.1 Å². The first kappa shape index (κ1) is 33.5. The average molecular weight is 552 g/mol. The number of hydrogen-bond donors (Lipinski definition) is 3. The molecule has 0 bridgehead atoms. The van der Waals surface area contributed by atoms with E-state index < -0.39 is 0 Å². The molecule has 3 N–H and O–H groups in total. The fourth-order valence-corrected chi connectivity index (χ4v) is 5.08. The van der Waals surface area contributed by atoms with Crippen LogP contribution in [-0.4, -0.2) is 74.0 Å². The Morgan fingerprint density at radius 2 is 1.05 bits per heavy atom. The lowest BCUT2D eigenvalue weighted by atomic mass is 10.1. The van der Waals surface area contributed by atoms with Crippen LogP contribution in [0.2, 0.25) is 0 Å². The van der Waals surface area contributed by atoms with Crippen LogP contribution in [0.4, 0.5) is 11.4 Å². The van der Waals surface area contributed by atoms with Gasteiger partial charge in [-0.1, -0.05) is 56.7 Å². The molecule has 222 valence electrons. The minimum Gasteiger partial charge on any atom is -0.324 e. The Balaban J connectivity index is 1.64. The SMILES string of the molecule is CCCN(CCCCCNCCN(CCC)CC(=O)Nc1c(C)cccc1C)CC(=O)Nc1c(C)cccc1C. The van der Waals surface area contributed by atoms with Crippen LogP contribution < -0.4 is 16.0 Å². The molecule has 7 nitrogen and oxygen atoms in total. The van der Waals surface area contributed by atoms with Gasteiger partial charge in [-0.3, -0.25) is 19.4 Å². The van der Waals surface area contributed by atoms with E-state index in [1.165, 1.54) is 0 Å². The summed E-state index contributed by atoms with van der Waals surface area (Å²) in [5.74, 6) is 0.108. The van der Waals surface area contributed by atoms with E-state index in [1.807, 2.05) is 64.1 Å². The van der Waals surface area contributed by atoms with Crippen LogP contribution in [0, 0.1) is 27.7 Å². The van der Waals surface area contributed by atoms with Crippen molar-refractivity contribution in [3.8, 4) is 0 Å². The monoisotopic (exact) mass is 551 g/mol. The maximum absolute atomic E-state index is 12.7. The molecule has 0 aromatic heterocycles. The molecule has 0 aliphatic heterocycles. The van der Waals surface area contributed by atoms with Crippen molar-refractivity contribution in [2.24, 2.45) is 0 Å². The largest absolute Gasteiger partial charge is 0.324 e. The number of nitrogens with one attached hydrogen (secondary N) is 3. The highest BCUT2D eigenvalue weighted by Gasteiger charge is 2.13. The van der Waals surface area contributed by atoms with Gasteiger partial charge in [0.15, 0.2) is 0 Å². The summed E-state index contributed by atoms with van der Waals surface area (Å²) in [6.45, 7) is 18.8. The molecule has 0 aliphatic carbocycles. The number of hydrogen-bond acceptors (Lipinski definition) is 5. The van der Waals surface area contributed by atoms with Crippen LogP contribution >= 0.6 is 0 Å². The summed E-state index contributed by atoms with van der Waals surface area (Å²) in [5, 5.41) is 9.78. The summed E-state index contributed by atoms with van der Waals surface area (Å²) in [6, 6.07) is 12.2. The van der Waals surface area contributed by atoms with Crippen molar-refractivity contribution in [1.82, 2.24) is 15.1 Å². The fourth-order valence-electron chi connectivity index (χ4n) is 5.08. The Morgan fingerprint density at radius 3 is 1.50 bits per heavy atom.